The van der Waals surface area contributed by atoms with E-state index in [9.17, 15) is 9.59 Å². The van der Waals surface area contributed by atoms with E-state index in [0.29, 0.717) is 17.4 Å². The van der Waals surface area contributed by atoms with Crippen LogP contribution in [0.2, 0.25) is 5.02 Å². The molecular weight excluding hydrogens is 352 g/mol. The van der Waals surface area contributed by atoms with E-state index in [1.165, 1.54) is 6.20 Å². The number of carbonyl (C=O) groups is 1. The third kappa shape index (κ3) is 5.68. The number of amides is 1. The van der Waals surface area contributed by atoms with Crippen LogP contribution in [0.3, 0.4) is 0 Å². The number of nitrogens with zero attached hydrogens (tertiary/aromatic N) is 2. The Bertz CT molecular complexity index is 770. The summed E-state index contributed by atoms with van der Waals surface area (Å²) in [4.78, 5) is 33.5. The third-order valence-electron chi connectivity index (χ3n) is 4.24. The minimum atomic E-state index is -0.453. The highest BCUT2D eigenvalue weighted by Gasteiger charge is 2.12. The number of benzene rings is 1. The van der Waals surface area contributed by atoms with Crippen LogP contribution in [0.4, 0.5) is 0 Å². The summed E-state index contributed by atoms with van der Waals surface area (Å²) in [7, 11) is 0. The predicted octanol–water partition coefficient (Wildman–Crippen LogP) is 2.94. The third-order valence-corrected chi connectivity index (χ3v) is 4.49. The van der Waals surface area contributed by atoms with Gasteiger partial charge in [0.25, 0.3) is 11.5 Å². The second kappa shape index (κ2) is 10.1. The molecule has 0 atom stereocenters. The Labute approximate surface area is 158 Å². The SMILES string of the molecule is CCN(CC)CCCCNC(=O)c1cnc(-c2ccc(Cl)cc2)[nH]c1=O. The minimum absolute atomic E-state index is 0.0199. The molecule has 1 heterocycles. The molecule has 1 aromatic heterocycles. The van der Waals surface area contributed by atoms with Gasteiger partial charge in [-0.3, -0.25) is 9.59 Å². The lowest BCUT2D eigenvalue weighted by molar-refractivity contribution is 0.0950. The number of nitrogens with one attached hydrogen (secondary N) is 2. The van der Waals surface area contributed by atoms with Crippen molar-refractivity contribution in [2.45, 2.75) is 26.7 Å². The molecule has 26 heavy (non-hydrogen) atoms. The maximum atomic E-state index is 12.2. The monoisotopic (exact) mass is 376 g/mol. The molecule has 0 fully saturated rings. The van der Waals surface area contributed by atoms with Crippen molar-refractivity contribution in [1.29, 1.82) is 0 Å². The van der Waals surface area contributed by atoms with Crippen molar-refractivity contribution in [3.63, 3.8) is 0 Å². The summed E-state index contributed by atoms with van der Waals surface area (Å²) in [6, 6.07) is 6.96. The first-order valence-corrected chi connectivity index (χ1v) is 9.28. The van der Waals surface area contributed by atoms with Crippen molar-refractivity contribution in [2.24, 2.45) is 0 Å². The average molecular weight is 377 g/mol. The van der Waals surface area contributed by atoms with Crippen LogP contribution in [-0.2, 0) is 0 Å². The smallest absolute Gasteiger partial charge is 0.264 e. The Morgan fingerprint density at radius 1 is 1.19 bits per heavy atom. The van der Waals surface area contributed by atoms with Crippen LogP contribution < -0.4 is 10.9 Å². The summed E-state index contributed by atoms with van der Waals surface area (Å²) < 4.78 is 0. The van der Waals surface area contributed by atoms with E-state index in [1.807, 2.05) is 0 Å². The predicted molar refractivity (Wildman–Crippen MR) is 105 cm³/mol. The van der Waals surface area contributed by atoms with E-state index < -0.39 is 11.5 Å². The summed E-state index contributed by atoms with van der Waals surface area (Å²) in [5, 5.41) is 3.39. The maximum absolute atomic E-state index is 12.2. The fourth-order valence-corrected chi connectivity index (χ4v) is 2.73. The van der Waals surface area contributed by atoms with Gasteiger partial charge < -0.3 is 15.2 Å². The first-order chi connectivity index (χ1) is 12.5. The van der Waals surface area contributed by atoms with Gasteiger partial charge in [0.05, 0.1) is 0 Å². The Morgan fingerprint density at radius 3 is 2.50 bits per heavy atom. The van der Waals surface area contributed by atoms with E-state index in [2.05, 4.69) is 34.0 Å². The van der Waals surface area contributed by atoms with Gasteiger partial charge in [-0.1, -0.05) is 25.4 Å². The van der Waals surface area contributed by atoms with Crippen LogP contribution in [0.1, 0.15) is 37.0 Å². The molecule has 0 radical (unpaired) electrons. The van der Waals surface area contributed by atoms with Gasteiger partial charge in [-0.2, -0.15) is 0 Å². The van der Waals surface area contributed by atoms with Crippen LogP contribution in [0, 0.1) is 0 Å². The van der Waals surface area contributed by atoms with Gasteiger partial charge in [0.1, 0.15) is 11.4 Å². The van der Waals surface area contributed by atoms with Crippen LogP contribution in [0.5, 0.6) is 0 Å². The number of H-pyrrole nitrogens is 1. The fourth-order valence-electron chi connectivity index (χ4n) is 2.61. The highest BCUT2D eigenvalue weighted by atomic mass is 35.5. The molecule has 0 aliphatic rings. The van der Waals surface area contributed by atoms with Gasteiger partial charge in [0.15, 0.2) is 0 Å². The Hall–Kier alpha value is -2.18. The quantitative estimate of drug-likeness (QED) is 0.659. The molecule has 6 nitrogen and oxygen atoms in total. The Kier molecular flexibility index (Phi) is 7.81. The van der Waals surface area contributed by atoms with Crippen molar-refractivity contribution >= 4 is 17.5 Å². The zero-order valence-electron chi connectivity index (χ0n) is 15.2. The number of carbonyl (C=O) groups excluding carboxylic acids is 1. The normalized spacial score (nSPS) is 10.9. The molecule has 1 amide bonds. The fraction of sp³-hybridized carbons (Fsp3) is 0.421. The summed E-state index contributed by atoms with van der Waals surface area (Å²) in [5.74, 6) is 0.00619. The van der Waals surface area contributed by atoms with Gasteiger partial charge in [-0.25, -0.2) is 4.98 Å². The summed E-state index contributed by atoms with van der Waals surface area (Å²) in [5.41, 5.74) is 0.298. The van der Waals surface area contributed by atoms with E-state index in [0.717, 1.165) is 38.0 Å². The largest absolute Gasteiger partial charge is 0.352 e. The van der Waals surface area contributed by atoms with E-state index in [4.69, 9.17) is 11.6 Å². The maximum Gasteiger partial charge on any atom is 0.264 e. The molecule has 0 spiro atoms. The number of hydrogen-bond acceptors (Lipinski definition) is 4. The number of aromatic amines is 1. The zero-order chi connectivity index (χ0) is 18.9. The zero-order valence-corrected chi connectivity index (χ0v) is 16.0. The molecule has 2 N–H and O–H groups in total. The summed E-state index contributed by atoms with van der Waals surface area (Å²) >= 11 is 5.85. The van der Waals surface area contributed by atoms with Crippen molar-refractivity contribution < 1.29 is 4.79 Å². The highest BCUT2D eigenvalue weighted by molar-refractivity contribution is 6.30. The minimum Gasteiger partial charge on any atom is -0.352 e. The molecule has 0 unspecified atom stereocenters. The number of halogens is 1. The average Bonchev–Trinajstić information content (AvgIpc) is 2.65. The van der Waals surface area contributed by atoms with E-state index in [1.54, 1.807) is 24.3 Å². The molecule has 2 rings (SSSR count). The first kappa shape index (κ1) is 20.1. The highest BCUT2D eigenvalue weighted by Crippen LogP contribution is 2.16. The van der Waals surface area contributed by atoms with Gasteiger partial charge in [-0.05, 0) is 56.7 Å². The molecule has 7 heteroatoms. The molecule has 0 aliphatic carbocycles. The second-order valence-electron chi connectivity index (χ2n) is 5.97. The molecule has 0 bridgehead atoms. The number of aromatic nitrogens is 2. The van der Waals surface area contributed by atoms with Gasteiger partial charge in [0.2, 0.25) is 0 Å². The van der Waals surface area contributed by atoms with E-state index in [-0.39, 0.29) is 5.56 Å². The van der Waals surface area contributed by atoms with Gasteiger partial charge in [0, 0.05) is 23.3 Å². The van der Waals surface area contributed by atoms with Gasteiger partial charge >= 0.3 is 0 Å². The van der Waals surface area contributed by atoms with Crippen molar-refractivity contribution in [3.8, 4) is 11.4 Å². The molecular formula is C19H25ClN4O2. The topological polar surface area (TPSA) is 78.1 Å². The second-order valence-corrected chi connectivity index (χ2v) is 6.41. The Balaban J connectivity index is 1.89. The standard InChI is InChI=1S/C19H25ClN4O2/c1-3-24(4-2)12-6-5-11-21-18(25)16-13-22-17(23-19(16)26)14-7-9-15(20)10-8-14/h7-10,13H,3-6,11-12H2,1-2H3,(H,21,25)(H,22,23,26). The molecule has 2 aromatic rings. The van der Waals surface area contributed by atoms with Crippen LogP contribution in [0.15, 0.2) is 35.3 Å². The number of hydrogen-bond donors (Lipinski definition) is 2. The van der Waals surface area contributed by atoms with E-state index >= 15 is 0 Å². The lowest BCUT2D eigenvalue weighted by Gasteiger charge is -2.17. The lowest BCUT2D eigenvalue weighted by Crippen LogP contribution is -2.31. The molecule has 0 aliphatic heterocycles. The number of rotatable bonds is 9. The molecule has 1 aromatic carbocycles. The molecule has 140 valence electrons. The summed E-state index contributed by atoms with van der Waals surface area (Å²) in [6.45, 7) is 7.89. The molecule has 0 saturated heterocycles. The Morgan fingerprint density at radius 2 is 1.88 bits per heavy atom. The van der Waals surface area contributed by atoms with Crippen LogP contribution in [0.25, 0.3) is 11.4 Å². The summed E-state index contributed by atoms with van der Waals surface area (Å²) in [6.07, 6.45) is 3.19. The first-order valence-electron chi connectivity index (χ1n) is 8.91. The van der Waals surface area contributed by atoms with Crippen LogP contribution in [-0.4, -0.2) is 47.0 Å². The van der Waals surface area contributed by atoms with Crippen molar-refractivity contribution in [3.05, 3.63) is 51.4 Å². The lowest BCUT2D eigenvalue weighted by atomic mass is 10.2. The molecule has 0 saturated carbocycles. The van der Waals surface area contributed by atoms with Crippen molar-refractivity contribution in [2.75, 3.05) is 26.2 Å². The van der Waals surface area contributed by atoms with Gasteiger partial charge in [-0.15, -0.1) is 0 Å². The van der Waals surface area contributed by atoms with Crippen LogP contribution >= 0.6 is 11.6 Å². The van der Waals surface area contributed by atoms with Crippen molar-refractivity contribution in [1.82, 2.24) is 20.2 Å². The number of unbranched alkanes of at least 4 members (excludes halogenated alkanes) is 1.